The molecule has 0 radical (unpaired) electrons. The van der Waals surface area contributed by atoms with Crippen molar-refractivity contribution in [2.24, 2.45) is 0 Å². The van der Waals surface area contributed by atoms with Crippen molar-refractivity contribution in [3.05, 3.63) is 11.8 Å². The van der Waals surface area contributed by atoms with Gasteiger partial charge >= 0.3 is 23.9 Å². The predicted molar refractivity (Wildman–Crippen MR) is 91.9 cm³/mol. The van der Waals surface area contributed by atoms with E-state index in [2.05, 4.69) is 5.32 Å². The molecule has 0 aromatic rings. The van der Waals surface area contributed by atoms with E-state index in [0.717, 1.165) is 33.8 Å². The Morgan fingerprint density at radius 3 is 2.10 bits per heavy atom. The molecule has 3 N–H and O–H groups in total. The molecule has 0 spiro atoms. The van der Waals surface area contributed by atoms with Crippen LogP contribution in [0, 0.1) is 0 Å². The fraction of sp³-hybridized carbons (Fsp3) is 0.588. The topological polar surface area (TPSA) is 175 Å². The number of nitrogens with one attached hydrogen (secondary N) is 1. The summed E-state index contributed by atoms with van der Waals surface area (Å²) in [5.74, 6) is -5.20. The monoisotopic (exact) mass is 417 g/mol. The van der Waals surface area contributed by atoms with Gasteiger partial charge in [0.15, 0.2) is 18.3 Å². The summed E-state index contributed by atoms with van der Waals surface area (Å²) in [5.41, 5.74) is 0. The van der Waals surface area contributed by atoms with Crippen LogP contribution in [0.25, 0.3) is 0 Å². The second-order valence-corrected chi connectivity index (χ2v) is 6.16. The summed E-state index contributed by atoms with van der Waals surface area (Å²) in [6, 6.07) is -1.27. The van der Waals surface area contributed by atoms with Gasteiger partial charge in [0.25, 0.3) is 0 Å². The van der Waals surface area contributed by atoms with Crippen LogP contribution in [0.5, 0.6) is 0 Å². The standard InChI is InChI=1S/C17H23NO11/c1-7(19)18-14-11(23)5-12(17(24)25)29-16(14)15(28-10(4)22)13(27-9(3)21)6-26-8(2)20/h5,11,13-16,23H,6H2,1-4H3,(H,18,19)(H,24,25). The highest BCUT2D eigenvalue weighted by molar-refractivity contribution is 5.84. The third-order valence-electron chi connectivity index (χ3n) is 3.65. The van der Waals surface area contributed by atoms with Crippen LogP contribution in [-0.2, 0) is 42.9 Å². The molecule has 1 heterocycles. The Morgan fingerprint density at radius 2 is 1.66 bits per heavy atom. The number of carboxylic acid groups (broad SMARTS) is 1. The maximum Gasteiger partial charge on any atom is 0.370 e. The van der Waals surface area contributed by atoms with Gasteiger partial charge in [-0.1, -0.05) is 0 Å². The minimum absolute atomic E-state index is 0.554. The number of carboxylic acids is 1. The molecule has 5 unspecified atom stereocenters. The van der Waals surface area contributed by atoms with Crippen molar-refractivity contribution >= 4 is 29.8 Å². The number of carbonyl (C=O) groups is 5. The first-order chi connectivity index (χ1) is 13.4. The van der Waals surface area contributed by atoms with Crippen LogP contribution in [0.3, 0.4) is 0 Å². The van der Waals surface area contributed by atoms with E-state index in [0.29, 0.717) is 0 Å². The van der Waals surface area contributed by atoms with Crippen LogP contribution >= 0.6 is 0 Å². The van der Waals surface area contributed by atoms with Crippen molar-refractivity contribution in [1.82, 2.24) is 5.32 Å². The number of hydrogen-bond acceptors (Lipinski definition) is 10. The summed E-state index contributed by atoms with van der Waals surface area (Å²) in [6.45, 7) is 3.77. The van der Waals surface area contributed by atoms with Crippen LogP contribution < -0.4 is 5.32 Å². The molecule has 1 aliphatic rings. The molecule has 0 fully saturated rings. The van der Waals surface area contributed by atoms with Crippen molar-refractivity contribution in [3.63, 3.8) is 0 Å². The summed E-state index contributed by atoms with van der Waals surface area (Å²) >= 11 is 0. The molecule has 29 heavy (non-hydrogen) atoms. The first kappa shape index (κ1) is 23.9. The van der Waals surface area contributed by atoms with Crippen molar-refractivity contribution in [2.75, 3.05) is 6.61 Å². The van der Waals surface area contributed by atoms with E-state index in [4.69, 9.17) is 18.9 Å². The van der Waals surface area contributed by atoms with Crippen molar-refractivity contribution in [2.45, 2.75) is 58.2 Å². The highest BCUT2D eigenvalue weighted by atomic mass is 16.6. The Bertz CT molecular complexity index is 701. The third kappa shape index (κ3) is 7.41. The molecule has 0 saturated carbocycles. The maximum absolute atomic E-state index is 11.6. The van der Waals surface area contributed by atoms with Crippen molar-refractivity contribution in [1.29, 1.82) is 0 Å². The number of ether oxygens (including phenoxy) is 4. The minimum atomic E-state index is -1.54. The predicted octanol–water partition coefficient (Wildman–Crippen LogP) is -1.35. The molecule has 12 heteroatoms. The Kier molecular flexibility index (Phi) is 8.57. The van der Waals surface area contributed by atoms with Crippen molar-refractivity contribution < 1.29 is 53.1 Å². The highest BCUT2D eigenvalue weighted by Gasteiger charge is 2.47. The SMILES string of the molecule is CC(=O)NC1C(O)C=C(C(=O)O)OC1C(OC(C)=O)C(COC(C)=O)OC(C)=O. The van der Waals surface area contributed by atoms with Gasteiger partial charge in [-0.25, -0.2) is 4.79 Å². The number of aliphatic hydroxyl groups is 1. The number of carbonyl (C=O) groups excluding carboxylic acids is 4. The van der Waals surface area contributed by atoms with Gasteiger partial charge in [-0.15, -0.1) is 0 Å². The Morgan fingerprint density at radius 1 is 1.07 bits per heavy atom. The van der Waals surface area contributed by atoms with Crippen LogP contribution in [0.4, 0.5) is 0 Å². The molecule has 1 rings (SSSR count). The van der Waals surface area contributed by atoms with Gasteiger partial charge in [0.1, 0.15) is 12.7 Å². The van der Waals surface area contributed by atoms with Gasteiger partial charge in [0.2, 0.25) is 11.7 Å². The molecule has 0 bridgehead atoms. The van der Waals surface area contributed by atoms with E-state index in [1.807, 2.05) is 0 Å². The third-order valence-corrected chi connectivity index (χ3v) is 3.65. The van der Waals surface area contributed by atoms with Gasteiger partial charge < -0.3 is 34.5 Å². The molecule has 1 aliphatic heterocycles. The number of esters is 3. The van der Waals surface area contributed by atoms with E-state index < -0.39 is 72.6 Å². The van der Waals surface area contributed by atoms with Gasteiger partial charge in [-0.3, -0.25) is 19.2 Å². The van der Waals surface area contributed by atoms with Crippen LogP contribution in [0.2, 0.25) is 0 Å². The summed E-state index contributed by atoms with van der Waals surface area (Å²) in [6.07, 6.45) is -5.12. The molecule has 162 valence electrons. The minimum Gasteiger partial charge on any atom is -0.477 e. The average Bonchev–Trinajstić information content (AvgIpc) is 2.57. The molecule has 0 aliphatic carbocycles. The van der Waals surface area contributed by atoms with E-state index in [1.165, 1.54) is 0 Å². The van der Waals surface area contributed by atoms with E-state index >= 15 is 0 Å². The first-order valence-corrected chi connectivity index (χ1v) is 8.47. The lowest BCUT2D eigenvalue weighted by atomic mass is 9.93. The fourth-order valence-corrected chi connectivity index (χ4v) is 2.66. The Labute approximate surface area is 165 Å². The highest BCUT2D eigenvalue weighted by Crippen LogP contribution is 2.26. The first-order valence-electron chi connectivity index (χ1n) is 8.47. The molecule has 12 nitrogen and oxygen atoms in total. The zero-order valence-corrected chi connectivity index (χ0v) is 16.2. The fourth-order valence-electron chi connectivity index (χ4n) is 2.66. The molecule has 5 atom stereocenters. The summed E-state index contributed by atoms with van der Waals surface area (Å²) in [5, 5.41) is 21.9. The Hall–Kier alpha value is -3.15. The quantitative estimate of drug-likeness (QED) is 0.314. The van der Waals surface area contributed by atoms with Crippen LogP contribution in [0.15, 0.2) is 11.8 Å². The number of hydrogen-bond donors (Lipinski definition) is 3. The molecule has 1 amide bonds. The maximum atomic E-state index is 11.6. The summed E-state index contributed by atoms with van der Waals surface area (Å²) < 4.78 is 20.4. The zero-order chi connectivity index (χ0) is 22.3. The van der Waals surface area contributed by atoms with Gasteiger partial charge in [-0.2, -0.15) is 0 Å². The lowest BCUT2D eigenvalue weighted by molar-refractivity contribution is -0.189. The van der Waals surface area contributed by atoms with Crippen molar-refractivity contribution in [3.8, 4) is 0 Å². The summed E-state index contributed by atoms with van der Waals surface area (Å²) in [4.78, 5) is 57.2. The van der Waals surface area contributed by atoms with Gasteiger partial charge in [0, 0.05) is 27.7 Å². The number of aliphatic carboxylic acids is 1. The number of aliphatic hydroxyl groups excluding tert-OH is 1. The zero-order valence-electron chi connectivity index (χ0n) is 16.2. The number of rotatable bonds is 8. The summed E-state index contributed by atoms with van der Waals surface area (Å²) in [7, 11) is 0. The molecule has 0 aromatic carbocycles. The Balaban J connectivity index is 3.39. The van der Waals surface area contributed by atoms with Gasteiger partial charge in [-0.05, 0) is 6.08 Å². The second-order valence-electron chi connectivity index (χ2n) is 6.16. The molecule has 0 saturated heterocycles. The molecular weight excluding hydrogens is 394 g/mol. The average molecular weight is 417 g/mol. The molecule has 0 aromatic heterocycles. The number of amides is 1. The van der Waals surface area contributed by atoms with E-state index in [-0.39, 0.29) is 0 Å². The molecular formula is C17H23NO11. The van der Waals surface area contributed by atoms with E-state index in [9.17, 15) is 34.2 Å². The largest absolute Gasteiger partial charge is 0.477 e. The lowest BCUT2D eigenvalue weighted by Crippen LogP contribution is -2.61. The second kappa shape index (κ2) is 10.4. The normalized spacial score (nSPS) is 22.8. The van der Waals surface area contributed by atoms with Crippen LogP contribution in [0.1, 0.15) is 27.7 Å². The smallest absolute Gasteiger partial charge is 0.370 e. The van der Waals surface area contributed by atoms with Crippen LogP contribution in [-0.4, -0.2) is 77.1 Å². The van der Waals surface area contributed by atoms with Gasteiger partial charge in [0.05, 0.1) is 6.04 Å². The lowest BCUT2D eigenvalue weighted by Gasteiger charge is -2.40. The van der Waals surface area contributed by atoms with E-state index in [1.54, 1.807) is 0 Å².